The monoisotopic (exact) mass is 165 g/mol. The Labute approximate surface area is 71.1 Å². The molecule has 0 aliphatic carbocycles. The first-order valence-electron chi connectivity index (χ1n) is 3.91. The van der Waals surface area contributed by atoms with Crippen LogP contribution in [0.25, 0.3) is 0 Å². The molecule has 1 aliphatic rings. The number of aliphatic carboxylic acids is 1. The number of nitrogens with zero attached hydrogens (tertiary/aromatic N) is 1. The van der Waals surface area contributed by atoms with E-state index in [0.717, 1.165) is 12.0 Å². The molecule has 1 aliphatic heterocycles. The van der Waals surface area contributed by atoms with Gasteiger partial charge in [0.15, 0.2) is 5.71 Å². The van der Waals surface area contributed by atoms with Gasteiger partial charge in [0.2, 0.25) is 0 Å². The van der Waals surface area contributed by atoms with Crippen LogP contribution in [-0.4, -0.2) is 16.8 Å². The summed E-state index contributed by atoms with van der Waals surface area (Å²) in [4.78, 5) is 14.4. The van der Waals surface area contributed by atoms with E-state index in [-0.39, 0.29) is 5.71 Å². The Bertz CT molecular complexity index is 274. The van der Waals surface area contributed by atoms with Crippen molar-refractivity contribution in [1.82, 2.24) is 0 Å². The topological polar surface area (TPSA) is 49.7 Å². The third-order valence-corrected chi connectivity index (χ3v) is 1.60. The van der Waals surface area contributed by atoms with Crippen molar-refractivity contribution >= 4 is 11.7 Å². The summed E-state index contributed by atoms with van der Waals surface area (Å²) in [5, 5.41) is 8.73. The molecule has 64 valence electrons. The second-order valence-corrected chi connectivity index (χ2v) is 2.51. The van der Waals surface area contributed by atoms with Crippen molar-refractivity contribution in [2.75, 3.05) is 0 Å². The van der Waals surface area contributed by atoms with Gasteiger partial charge < -0.3 is 5.11 Å². The minimum absolute atomic E-state index is 0.180. The molecule has 0 spiro atoms. The number of carboxylic acids is 1. The SMILES string of the molecule is CCC=C1CC=CN=C1C(=O)O. The minimum atomic E-state index is -0.945. The molecule has 3 heteroatoms. The lowest BCUT2D eigenvalue weighted by Gasteiger charge is -2.06. The van der Waals surface area contributed by atoms with Crippen molar-refractivity contribution in [1.29, 1.82) is 0 Å². The van der Waals surface area contributed by atoms with Crippen LogP contribution in [0.3, 0.4) is 0 Å². The van der Waals surface area contributed by atoms with Gasteiger partial charge in [-0.3, -0.25) is 0 Å². The third kappa shape index (κ3) is 1.81. The van der Waals surface area contributed by atoms with Gasteiger partial charge in [0, 0.05) is 6.20 Å². The molecule has 3 nitrogen and oxygen atoms in total. The standard InChI is InChI=1S/C9H11NO2/c1-2-4-7-5-3-6-10-8(7)9(11)12/h3-4,6H,2,5H2,1H3,(H,11,12). The maximum Gasteiger partial charge on any atom is 0.354 e. The number of hydrogen-bond acceptors (Lipinski definition) is 2. The zero-order valence-electron chi connectivity index (χ0n) is 6.95. The molecule has 0 radical (unpaired) electrons. The molecular weight excluding hydrogens is 154 g/mol. The van der Waals surface area contributed by atoms with Gasteiger partial charge in [-0.25, -0.2) is 9.79 Å². The van der Waals surface area contributed by atoms with Gasteiger partial charge in [0.25, 0.3) is 0 Å². The molecular formula is C9H11NO2. The summed E-state index contributed by atoms with van der Waals surface area (Å²) in [6, 6.07) is 0. The average molecular weight is 165 g/mol. The molecule has 0 aromatic heterocycles. The maximum absolute atomic E-state index is 10.6. The lowest BCUT2D eigenvalue weighted by Crippen LogP contribution is -2.16. The highest BCUT2D eigenvalue weighted by molar-refractivity contribution is 6.42. The predicted molar refractivity (Wildman–Crippen MR) is 47.2 cm³/mol. The van der Waals surface area contributed by atoms with E-state index in [0.29, 0.717) is 6.42 Å². The number of carbonyl (C=O) groups is 1. The molecule has 0 saturated heterocycles. The van der Waals surface area contributed by atoms with Gasteiger partial charge in [-0.2, -0.15) is 0 Å². The highest BCUT2D eigenvalue weighted by Crippen LogP contribution is 2.12. The molecule has 0 fully saturated rings. The number of allylic oxidation sites excluding steroid dienone is 2. The van der Waals surface area contributed by atoms with Crippen LogP contribution >= 0.6 is 0 Å². The van der Waals surface area contributed by atoms with Crippen molar-refractivity contribution < 1.29 is 9.90 Å². The molecule has 1 rings (SSSR count). The first-order chi connectivity index (χ1) is 5.75. The second kappa shape index (κ2) is 3.85. The Morgan fingerprint density at radius 3 is 3.17 bits per heavy atom. The van der Waals surface area contributed by atoms with Gasteiger partial charge in [-0.05, 0) is 18.4 Å². The fourth-order valence-corrected chi connectivity index (χ4v) is 1.11. The fraction of sp³-hybridized carbons (Fsp3) is 0.333. The first-order valence-corrected chi connectivity index (χ1v) is 3.91. The zero-order valence-corrected chi connectivity index (χ0v) is 6.95. The molecule has 1 N–H and O–H groups in total. The van der Waals surface area contributed by atoms with Crippen LogP contribution in [0.2, 0.25) is 0 Å². The Morgan fingerprint density at radius 1 is 1.83 bits per heavy atom. The van der Waals surface area contributed by atoms with Crippen molar-refractivity contribution in [3.05, 3.63) is 23.9 Å². The van der Waals surface area contributed by atoms with Gasteiger partial charge in [0.1, 0.15) is 0 Å². The van der Waals surface area contributed by atoms with Crippen LogP contribution < -0.4 is 0 Å². The Balaban J connectivity index is 2.91. The Morgan fingerprint density at radius 2 is 2.58 bits per heavy atom. The smallest absolute Gasteiger partial charge is 0.354 e. The summed E-state index contributed by atoms with van der Waals surface area (Å²) in [6.07, 6.45) is 6.81. The molecule has 0 amide bonds. The zero-order chi connectivity index (χ0) is 8.97. The van der Waals surface area contributed by atoms with Crippen molar-refractivity contribution in [2.24, 2.45) is 4.99 Å². The van der Waals surface area contributed by atoms with E-state index in [1.165, 1.54) is 6.20 Å². The summed E-state index contributed by atoms with van der Waals surface area (Å²) >= 11 is 0. The normalized spacial score (nSPS) is 19.4. The molecule has 0 saturated carbocycles. The van der Waals surface area contributed by atoms with Crippen LogP contribution in [0.1, 0.15) is 19.8 Å². The highest BCUT2D eigenvalue weighted by Gasteiger charge is 2.14. The molecule has 0 aromatic rings. The van der Waals surface area contributed by atoms with E-state index in [9.17, 15) is 4.79 Å². The molecule has 0 atom stereocenters. The molecule has 0 bridgehead atoms. The molecule has 1 heterocycles. The summed E-state index contributed by atoms with van der Waals surface area (Å²) in [7, 11) is 0. The summed E-state index contributed by atoms with van der Waals surface area (Å²) in [5.74, 6) is -0.945. The van der Waals surface area contributed by atoms with Gasteiger partial charge >= 0.3 is 5.97 Å². The van der Waals surface area contributed by atoms with Crippen LogP contribution in [0.4, 0.5) is 0 Å². The number of rotatable bonds is 2. The predicted octanol–water partition coefficient (Wildman–Crippen LogP) is 1.77. The number of aliphatic imine (C=N–C) groups is 1. The molecule has 12 heavy (non-hydrogen) atoms. The Hall–Kier alpha value is -1.38. The summed E-state index contributed by atoms with van der Waals surface area (Å²) in [6.45, 7) is 1.98. The van der Waals surface area contributed by atoms with Crippen LogP contribution in [0, 0.1) is 0 Å². The summed E-state index contributed by atoms with van der Waals surface area (Å²) < 4.78 is 0. The van der Waals surface area contributed by atoms with E-state index in [4.69, 9.17) is 5.11 Å². The van der Waals surface area contributed by atoms with E-state index in [2.05, 4.69) is 4.99 Å². The Kier molecular flexibility index (Phi) is 2.80. The average Bonchev–Trinajstić information content (AvgIpc) is 2.05. The minimum Gasteiger partial charge on any atom is -0.477 e. The molecule has 0 aromatic carbocycles. The van der Waals surface area contributed by atoms with Crippen LogP contribution in [0.5, 0.6) is 0 Å². The fourth-order valence-electron chi connectivity index (χ4n) is 1.11. The lowest BCUT2D eigenvalue weighted by atomic mass is 10.0. The quantitative estimate of drug-likeness (QED) is 0.677. The van der Waals surface area contributed by atoms with Crippen molar-refractivity contribution in [3.8, 4) is 0 Å². The van der Waals surface area contributed by atoms with Crippen molar-refractivity contribution in [2.45, 2.75) is 19.8 Å². The van der Waals surface area contributed by atoms with Gasteiger partial charge in [-0.15, -0.1) is 0 Å². The van der Waals surface area contributed by atoms with E-state index < -0.39 is 5.97 Å². The largest absolute Gasteiger partial charge is 0.477 e. The summed E-state index contributed by atoms with van der Waals surface area (Å²) in [5.41, 5.74) is 0.992. The van der Waals surface area contributed by atoms with E-state index >= 15 is 0 Å². The lowest BCUT2D eigenvalue weighted by molar-refractivity contribution is -0.129. The van der Waals surface area contributed by atoms with E-state index in [1.54, 1.807) is 0 Å². The highest BCUT2D eigenvalue weighted by atomic mass is 16.4. The van der Waals surface area contributed by atoms with E-state index in [1.807, 2.05) is 19.1 Å². The number of hydrogen-bond donors (Lipinski definition) is 1. The third-order valence-electron chi connectivity index (χ3n) is 1.60. The number of carboxylic acid groups (broad SMARTS) is 1. The first kappa shape index (κ1) is 8.71. The maximum atomic E-state index is 10.6. The van der Waals surface area contributed by atoms with Gasteiger partial charge in [0.05, 0.1) is 0 Å². The van der Waals surface area contributed by atoms with Crippen LogP contribution in [0.15, 0.2) is 28.9 Å². The van der Waals surface area contributed by atoms with Gasteiger partial charge in [-0.1, -0.05) is 19.1 Å². The van der Waals surface area contributed by atoms with Crippen molar-refractivity contribution in [3.63, 3.8) is 0 Å². The van der Waals surface area contributed by atoms with Crippen LogP contribution in [-0.2, 0) is 4.79 Å². The molecule has 0 unspecified atom stereocenters. The second-order valence-electron chi connectivity index (χ2n) is 2.51.